The van der Waals surface area contributed by atoms with Gasteiger partial charge in [0.2, 0.25) is 0 Å². The topological polar surface area (TPSA) is 51.4 Å². The highest BCUT2D eigenvalue weighted by Gasteiger charge is 2.26. The second-order valence-electron chi connectivity index (χ2n) is 4.71. The lowest BCUT2D eigenvalue weighted by atomic mass is 9.96. The van der Waals surface area contributed by atoms with Gasteiger partial charge in [-0.25, -0.2) is 4.98 Å². The van der Waals surface area contributed by atoms with E-state index in [1.54, 1.807) is 18.4 Å². The van der Waals surface area contributed by atoms with E-state index < -0.39 is 0 Å². The summed E-state index contributed by atoms with van der Waals surface area (Å²) in [6, 6.07) is 0. The second kappa shape index (κ2) is 5.91. The maximum Gasteiger partial charge on any atom is 0.106 e. The van der Waals surface area contributed by atoms with Crippen LogP contribution in [0.5, 0.6) is 0 Å². The third-order valence-electron chi connectivity index (χ3n) is 3.44. The summed E-state index contributed by atoms with van der Waals surface area (Å²) in [6.07, 6.45) is 1.56. The van der Waals surface area contributed by atoms with Gasteiger partial charge >= 0.3 is 0 Å². The molecular formula is C12H21N3OS. The Morgan fingerprint density at radius 3 is 3.12 bits per heavy atom. The Kier molecular flexibility index (Phi) is 4.50. The number of nitrogens with zero attached hydrogens (tertiary/aromatic N) is 2. The standard InChI is InChI=1S/C12H21N3OS/c1-9-3-4-15(7-11(9)16-2)6-10-8-17-12(5-13)14-10/h8-9,11H,3-7,13H2,1-2H3. The number of piperidine rings is 1. The van der Waals surface area contributed by atoms with Crippen molar-refractivity contribution in [1.82, 2.24) is 9.88 Å². The molecule has 1 aliphatic heterocycles. The van der Waals surface area contributed by atoms with Crippen LogP contribution in [0, 0.1) is 5.92 Å². The largest absolute Gasteiger partial charge is 0.380 e. The molecule has 1 aromatic heterocycles. The number of methoxy groups -OCH3 is 1. The number of thiazole rings is 1. The van der Waals surface area contributed by atoms with E-state index in [2.05, 4.69) is 22.2 Å². The minimum atomic E-state index is 0.358. The van der Waals surface area contributed by atoms with Gasteiger partial charge in [-0.1, -0.05) is 6.92 Å². The molecule has 17 heavy (non-hydrogen) atoms. The van der Waals surface area contributed by atoms with Crippen LogP contribution < -0.4 is 5.73 Å². The maximum atomic E-state index is 5.57. The van der Waals surface area contributed by atoms with Crippen LogP contribution in [0.25, 0.3) is 0 Å². The first-order valence-electron chi connectivity index (χ1n) is 6.11. The van der Waals surface area contributed by atoms with E-state index >= 15 is 0 Å². The van der Waals surface area contributed by atoms with Crippen molar-refractivity contribution in [2.24, 2.45) is 11.7 Å². The van der Waals surface area contributed by atoms with E-state index in [0.717, 1.165) is 30.3 Å². The molecule has 0 amide bonds. The normalized spacial score (nSPS) is 26.3. The Labute approximate surface area is 107 Å². The average molecular weight is 255 g/mol. The molecule has 1 fully saturated rings. The second-order valence-corrected chi connectivity index (χ2v) is 5.65. The SMILES string of the molecule is COC1CN(Cc2csc(CN)n2)CCC1C. The van der Waals surface area contributed by atoms with Gasteiger partial charge in [-0.05, 0) is 18.9 Å². The molecule has 0 aliphatic carbocycles. The van der Waals surface area contributed by atoms with Crippen molar-refractivity contribution in [3.8, 4) is 0 Å². The molecule has 0 bridgehead atoms. The number of hydrogen-bond donors (Lipinski definition) is 1. The van der Waals surface area contributed by atoms with Crippen molar-refractivity contribution in [1.29, 1.82) is 0 Å². The van der Waals surface area contributed by atoms with E-state index in [-0.39, 0.29) is 0 Å². The number of likely N-dealkylation sites (tertiary alicyclic amines) is 1. The predicted octanol–water partition coefficient (Wildman–Crippen LogP) is 1.46. The minimum absolute atomic E-state index is 0.358. The lowest BCUT2D eigenvalue weighted by Gasteiger charge is -2.35. The Balaban J connectivity index is 1.90. The minimum Gasteiger partial charge on any atom is -0.380 e. The molecule has 0 spiro atoms. The molecule has 96 valence electrons. The van der Waals surface area contributed by atoms with Gasteiger partial charge in [0.1, 0.15) is 5.01 Å². The van der Waals surface area contributed by atoms with Crippen LogP contribution in [0.3, 0.4) is 0 Å². The Hall–Kier alpha value is -0.490. The van der Waals surface area contributed by atoms with Crippen molar-refractivity contribution in [2.45, 2.75) is 32.5 Å². The van der Waals surface area contributed by atoms with Crippen LogP contribution >= 0.6 is 11.3 Å². The van der Waals surface area contributed by atoms with Crippen LogP contribution in [0.4, 0.5) is 0 Å². The monoisotopic (exact) mass is 255 g/mol. The summed E-state index contributed by atoms with van der Waals surface area (Å²) in [5, 5.41) is 3.14. The molecule has 2 rings (SSSR count). The number of hydrogen-bond acceptors (Lipinski definition) is 5. The molecule has 1 aromatic rings. The molecule has 5 heteroatoms. The van der Waals surface area contributed by atoms with Gasteiger partial charge in [-0.3, -0.25) is 4.90 Å². The van der Waals surface area contributed by atoms with Gasteiger partial charge in [0.15, 0.2) is 0 Å². The van der Waals surface area contributed by atoms with Gasteiger partial charge in [-0.15, -0.1) is 11.3 Å². The number of aromatic nitrogens is 1. The number of ether oxygens (including phenoxy) is 1. The van der Waals surface area contributed by atoms with Crippen LogP contribution in [-0.4, -0.2) is 36.2 Å². The summed E-state index contributed by atoms with van der Waals surface area (Å²) < 4.78 is 5.52. The molecular weight excluding hydrogens is 234 g/mol. The molecule has 1 saturated heterocycles. The molecule has 0 radical (unpaired) electrons. The first-order valence-corrected chi connectivity index (χ1v) is 6.99. The smallest absolute Gasteiger partial charge is 0.106 e. The molecule has 0 saturated carbocycles. The molecule has 2 atom stereocenters. The average Bonchev–Trinajstić information content (AvgIpc) is 2.79. The maximum absolute atomic E-state index is 5.57. The van der Waals surface area contributed by atoms with Gasteiger partial charge in [0.05, 0.1) is 11.8 Å². The molecule has 2 heterocycles. The predicted molar refractivity (Wildman–Crippen MR) is 69.9 cm³/mol. The van der Waals surface area contributed by atoms with E-state index in [0.29, 0.717) is 18.6 Å². The van der Waals surface area contributed by atoms with Crippen LogP contribution in [0.15, 0.2) is 5.38 Å². The number of rotatable bonds is 4. The highest BCUT2D eigenvalue weighted by Crippen LogP contribution is 2.21. The number of nitrogens with two attached hydrogens (primary N) is 1. The summed E-state index contributed by atoms with van der Waals surface area (Å²) in [5.74, 6) is 0.659. The highest BCUT2D eigenvalue weighted by molar-refractivity contribution is 7.09. The molecule has 0 aromatic carbocycles. The summed E-state index contributed by atoms with van der Waals surface area (Å²) in [6.45, 7) is 5.87. The van der Waals surface area contributed by atoms with Crippen molar-refractivity contribution < 1.29 is 4.74 Å². The zero-order valence-corrected chi connectivity index (χ0v) is 11.4. The lowest BCUT2D eigenvalue weighted by Crippen LogP contribution is -2.43. The van der Waals surface area contributed by atoms with Crippen molar-refractivity contribution in [3.63, 3.8) is 0 Å². The van der Waals surface area contributed by atoms with Crippen molar-refractivity contribution in [2.75, 3.05) is 20.2 Å². The van der Waals surface area contributed by atoms with Gasteiger partial charge in [0.25, 0.3) is 0 Å². The first-order chi connectivity index (χ1) is 8.22. The Morgan fingerprint density at radius 1 is 1.65 bits per heavy atom. The van der Waals surface area contributed by atoms with Crippen molar-refractivity contribution >= 4 is 11.3 Å². The fourth-order valence-electron chi connectivity index (χ4n) is 2.29. The highest BCUT2D eigenvalue weighted by atomic mass is 32.1. The molecule has 1 aliphatic rings. The van der Waals surface area contributed by atoms with Gasteiger partial charge in [-0.2, -0.15) is 0 Å². The Bertz CT molecular complexity index is 355. The lowest BCUT2D eigenvalue weighted by molar-refractivity contribution is -0.00774. The molecule has 2 unspecified atom stereocenters. The van der Waals surface area contributed by atoms with E-state index in [1.807, 2.05) is 0 Å². The van der Waals surface area contributed by atoms with Gasteiger partial charge in [0, 0.05) is 32.1 Å². The summed E-state index contributed by atoms with van der Waals surface area (Å²) in [7, 11) is 1.81. The third kappa shape index (κ3) is 3.25. The van der Waals surface area contributed by atoms with E-state index in [4.69, 9.17) is 10.5 Å². The summed E-state index contributed by atoms with van der Waals surface area (Å²) in [5.41, 5.74) is 6.71. The van der Waals surface area contributed by atoms with Crippen LogP contribution in [-0.2, 0) is 17.8 Å². The van der Waals surface area contributed by atoms with Crippen molar-refractivity contribution in [3.05, 3.63) is 16.1 Å². The van der Waals surface area contributed by atoms with E-state index in [9.17, 15) is 0 Å². The Morgan fingerprint density at radius 2 is 2.47 bits per heavy atom. The molecule has 2 N–H and O–H groups in total. The van der Waals surface area contributed by atoms with E-state index in [1.165, 1.54) is 6.42 Å². The van der Waals surface area contributed by atoms with Crippen LogP contribution in [0.1, 0.15) is 24.0 Å². The fourth-order valence-corrected chi connectivity index (χ4v) is 2.96. The zero-order valence-electron chi connectivity index (χ0n) is 10.6. The van der Waals surface area contributed by atoms with Crippen LogP contribution in [0.2, 0.25) is 0 Å². The first kappa shape index (κ1) is 13.0. The fraction of sp³-hybridized carbons (Fsp3) is 0.750. The molecule has 4 nitrogen and oxygen atoms in total. The van der Waals surface area contributed by atoms with Gasteiger partial charge < -0.3 is 10.5 Å². The summed E-state index contributed by atoms with van der Waals surface area (Å²) >= 11 is 1.65. The zero-order chi connectivity index (χ0) is 12.3. The summed E-state index contributed by atoms with van der Waals surface area (Å²) in [4.78, 5) is 6.92. The quantitative estimate of drug-likeness (QED) is 0.885. The third-order valence-corrected chi connectivity index (χ3v) is 4.36.